The predicted molar refractivity (Wildman–Crippen MR) is 78.9 cm³/mol. The molecule has 0 saturated heterocycles. The van der Waals surface area contributed by atoms with Crippen LogP contribution in [0.25, 0.3) is 0 Å². The standard InChI is InChI=1S/C12H14ClN5OS/c1-8(9-3-2-4-10(13)5-9)16-11(19)6-20-12-17-15-7-18(12)14/h2-5,7-8H,6,14H2,1H3,(H,16,19)/t8-/m1/s1. The van der Waals surface area contributed by atoms with Crippen molar-refractivity contribution in [3.63, 3.8) is 0 Å². The van der Waals surface area contributed by atoms with Gasteiger partial charge in [0, 0.05) is 5.02 Å². The average Bonchev–Trinajstić information content (AvgIpc) is 2.82. The van der Waals surface area contributed by atoms with Gasteiger partial charge >= 0.3 is 0 Å². The second-order valence-electron chi connectivity index (χ2n) is 4.15. The molecule has 0 bridgehead atoms. The van der Waals surface area contributed by atoms with Gasteiger partial charge in [-0.1, -0.05) is 35.5 Å². The van der Waals surface area contributed by atoms with Gasteiger partial charge in [-0.25, -0.2) is 4.68 Å². The first-order chi connectivity index (χ1) is 9.56. The number of aromatic nitrogens is 3. The molecular formula is C12H14ClN5OS. The predicted octanol–water partition coefficient (Wildman–Crippen LogP) is 1.61. The summed E-state index contributed by atoms with van der Waals surface area (Å²) in [6, 6.07) is 7.28. The Morgan fingerprint density at radius 1 is 1.60 bits per heavy atom. The largest absolute Gasteiger partial charge is 0.349 e. The van der Waals surface area contributed by atoms with E-state index >= 15 is 0 Å². The van der Waals surface area contributed by atoms with Gasteiger partial charge in [-0.05, 0) is 24.6 Å². The Kier molecular flexibility index (Phi) is 4.86. The number of nitrogens with zero attached hydrogens (tertiary/aromatic N) is 3. The van der Waals surface area contributed by atoms with E-state index in [2.05, 4.69) is 15.5 Å². The van der Waals surface area contributed by atoms with Crippen LogP contribution in [0.1, 0.15) is 18.5 Å². The Balaban J connectivity index is 1.87. The van der Waals surface area contributed by atoms with Crippen molar-refractivity contribution in [1.82, 2.24) is 20.2 Å². The van der Waals surface area contributed by atoms with Crippen LogP contribution >= 0.6 is 23.4 Å². The van der Waals surface area contributed by atoms with E-state index in [1.807, 2.05) is 25.1 Å². The molecule has 0 radical (unpaired) electrons. The third-order valence-electron chi connectivity index (χ3n) is 2.60. The highest BCUT2D eigenvalue weighted by Crippen LogP contribution is 2.18. The van der Waals surface area contributed by atoms with Crippen LogP contribution < -0.4 is 11.2 Å². The van der Waals surface area contributed by atoms with E-state index in [-0.39, 0.29) is 17.7 Å². The first-order valence-electron chi connectivity index (χ1n) is 5.89. The van der Waals surface area contributed by atoms with Crippen LogP contribution in [0.4, 0.5) is 0 Å². The van der Waals surface area contributed by atoms with Crippen molar-refractivity contribution in [2.24, 2.45) is 0 Å². The first-order valence-corrected chi connectivity index (χ1v) is 7.25. The number of nitrogens with one attached hydrogen (secondary N) is 1. The Morgan fingerprint density at radius 3 is 3.05 bits per heavy atom. The van der Waals surface area contributed by atoms with Gasteiger partial charge in [0.05, 0.1) is 11.8 Å². The number of halogens is 1. The third kappa shape index (κ3) is 3.88. The van der Waals surface area contributed by atoms with E-state index < -0.39 is 0 Å². The molecule has 0 aliphatic heterocycles. The summed E-state index contributed by atoms with van der Waals surface area (Å²) in [5, 5.41) is 11.5. The summed E-state index contributed by atoms with van der Waals surface area (Å²) in [5.41, 5.74) is 0.956. The molecule has 6 nitrogen and oxygen atoms in total. The van der Waals surface area contributed by atoms with E-state index in [1.54, 1.807) is 6.07 Å². The van der Waals surface area contributed by atoms with Gasteiger partial charge in [0.2, 0.25) is 11.1 Å². The molecule has 0 saturated carbocycles. The molecule has 106 valence electrons. The molecule has 1 amide bonds. The van der Waals surface area contributed by atoms with Gasteiger partial charge in [-0.15, -0.1) is 10.2 Å². The maximum absolute atomic E-state index is 11.9. The maximum Gasteiger partial charge on any atom is 0.230 e. The van der Waals surface area contributed by atoms with Crippen molar-refractivity contribution in [3.05, 3.63) is 41.2 Å². The average molecular weight is 312 g/mol. The zero-order chi connectivity index (χ0) is 14.5. The molecule has 1 heterocycles. The van der Waals surface area contributed by atoms with Crippen LogP contribution in [0.2, 0.25) is 5.02 Å². The van der Waals surface area contributed by atoms with E-state index in [0.29, 0.717) is 10.2 Å². The fraction of sp³-hybridized carbons (Fsp3) is 0.250. The van der Waals surface area contributed by atoms with Gasteiger partial charge in [0.25, 0.3) is 0 Å². The van der Waals surface area contributed by atoms with Gasteiger partial charge in [0.15, 0.2) is 0 Å². The number of carbonyl (C=O) groups is 1. The van der Waals surface area contributed by atoms with Gasteiger partial charge in [-0.2, -0.15) is 0 Å². The van der Waals surface area contributed by atoms with E-state index in [1.165, 1.54) is 22.8 Å². The van der Waals surface area contributed by atoms with E-state index in [9.17, 15) is 4.79 Å². The summed E-state index contributed by atoms with van der Waals surface area (Å²) >= 11 is 7.15. The Bertz CT molecular complexity index is 603. The van der Waals surface area contributed by atoms with Crippen LogP contribution in [0.15, 0.2) is 35.7 Å². The highest BCUT2D eigenvalue weighted by atomic mass is 35.5. The minimum atomic E-state index is -0.113. The molecule has 0 spiro atoms. The van der Waals surface area contributed by atoms with E-state index in [4.69, 9.17) is 17.4 Å². The number of thioether (sulfide) groups is 1. The topological polar surface area (TPSA) is 85.8 Å². The maximum atomic E-state index is 11.9. The van der Waals surface area contributed by atoms with Crippen molar-refractivity contribution in [3.8, 4) is 0 Å². The van der Waals surface area contributed by atoms with Crippen LogP contribution in [-0.2, 0) is 4.79 Å². The Morgan fingerprint density at radius 2 is 2.40 bits per heavy atom. The molecule has 3 N–H and O–H groups in total. The molecule has 8 heteroatoms. The van der Waals surface area contributed by atoms with Crippen molar-refractivity contribution in [2.75, 3.05) is 11.6 Å². The van der Waals surface area contributed by atoms with Crippen LogP contribution in [-0.4, -0.2) is 26.5 Å². The number of amides is 1. The summed E-state index contributed by atoms with van der Waals surface area (Å²) in [5.74, 6) is 5.68. The molecule has 0 aliphatic carbocycles. The van der Waals surface area contributed by atoms with Crippen LogP contribution in [0, 0.1) is 0 Å². The molecule has 20 heavy (non-hydrogen) atoms. The third-order valence-corrected chi connectivity index (χ3v) is 3.79. The minimum Gasteiger partial charge on any atom is -0.349 e. The zero-order valence-corrected chi connectivity index (χ0v) is 12.4. The Hall–Kier alpha value is -1.73. The fourth-order valence-electron chi connectivity index (χ4n) is 1.61. The lowest BCUT2D eigenvalue weighted by atomic mass is 10.1. The zero-order valence-electron chi connectivity index (χ0n) is 10.8. The van der Waals surface area contributed by atoms with Crippen LogP contribution in [0.5, 0.6) is 0 Å². The molecule has 1 aromatic carbocycles. The summed E-state index contributed by atoms with van der Waals surface area (Å²) in [7, 11) is 0. The van der Waals surface area contributed by atoms with Crippen molar-refractivity contribution < 1.29 is 4.79 Å². The molecular weight excluding hydrogens is 298 g/mol. The fourth-order valence-corrected chi connectivity index (χ4v) is 2.45. The highest BCUT2D eigenvalue weighted by molar-refractivity contribution is 7.99. The monoisotopic (exact) mass is 311 g/mol. The second-order valence-corrected chi connectivity index (χ2v) is 5.53. The molecule has 2 aromatic rings. The number of carbonyl (C=O) groups excluding carboxylic acids is 1. The number of benzene rings is 1. The molecule has 0 aliphatic rings. The van der Waals surface area contributed by atoms with Crippen molar-refractivity contribution >= 4 is 29.3 Å². The molecule has 2 rings (SSSR count). The number of hydrogen-bond acceptors (Lipinski definition) is 5. The van der Waals surface area contributed by atoms with Gasteiger partial charge in [0.1, 0.15) is 6.33 Å². The van der Waals surface area contributed by atoms with Crippen LogP contribution in [0.3, 0.4) is 0 Å². The quantitative estimate of drug-likeness (QED) is 0.647. The smallest absolute Gasteiger partial charge is 0.230 e. The highest BCUT2D eigenvalue weighted by Gasteiger charge is 2.11. The normalized spacial score (nSPS) is 12.1. The number of nitrogen functional groups attached to an aromatic ring is 1. The Labute approximate surface area is 125 Å². The molecule has 0 fully saturated rings. The number of rotatable bonds is 5. The second kappa shape index (κ2) is 6.62. The number of hydrogen-bond donors (Lipinski definition) is 2. The SMILES string of the molecule is C[C@@H](NC(=O)CSc1nncn1N)c1cccc(Cl)c1. The summed E-state index contributed by atoms with van der Waals surface area (Å²) < 4.78 is 1.28. The van der Waals surface area contributed by atoms with E-state index in [0.717, 1.165) is 5.56 Å². The summed E-state index contributed by atoms with van der Waals surface area (Å²) in [4.78, 5) is 11.9. The molecule has 1 aromatic heterocycles. The lowest BCUT2D eigenvalue weighted by molar-refractivity contribution is -0.119. The van der Waals surface area contributed by atoms with Crippen molar-refractivity contribution in [2.45, 2.75) is 18.1 Å². The lowest BCUT2D eigenvalue weighted by Crippen LogP contribution is -2.28. The van der Waals surface area contributed by atoms with Gasteiger partial charge in [-0.3, -0.25) is 4.79 Å². The number of nitrogens with two attached hydrogens (primary N) is 1. The summed E-state index contributed by atoms with van der Waals surface area (Å²) in [6.07, 6.45) is 1.38. The van der Waals surface area contributed by atoms with Crippen molar-refractivity contribution in [1.29, 1.82) is 0 Å². The molecule has 0 unspecified atom stereocenters. The first kappa shape index (κ1) is 14.7. The molecule has 1 atom stereocenters. The van der Waals surface area contributed by atoms with Gasteiger partial charge < -0.3 is 11.2 Å². The summed E-state index contributed by atoms with van der Waals surface area (Å²) in [6.45, 7) is 1.90. The lowest BCUT2D eigenvalue weighted by Gasteiger charge is -2.14. The minimum absolute atomic E-state index is 0.106.